The lowest BCUT2D eigenvalue weighted by atomic mass is 9.92. The third kappa shape index (κ3) is 4.03. The van der Waals surface area contributed by atoms with Gasteiger partial charge in [-0.1, -0.05) is 18.9 Å². The van der Waals surface area contributed by atoms with Crippen molar-refractivity contribution >= 4 is 5.82 Å². The van der Waals surface area contributed by atoms with Crippen molar-refractivity contribution in [2.45, 2.75) is 37.9 Å². The van der Waals surface area contributed by atoms with Crippen LogP contribution >= 0.6 is 0 Å². The summed E-state index contributed by atoms with van der Waals surface area (Å²) in [6.45, 7) is 0. The Hall–Kier alpha value is -3.29. The first kappa shape index (κ1) is 20.0. The number of hydrogen-bond acceptors (Lipinski definition) is 7. The minimum absolute atomic E-state index is 0.0663. The standard InChI is InChI=1S/C22H24FN5O2/c1-28(19-6-4-3-5-16(19)23)21-10-9-17(26-27-21)15-8-7-14(11-20(15)29)18-12-25-22(30-2)13-24-18/h7-13,16,19,29H,3-6H2,1-2H3/t16-,19+/m1/s1. The van der Waals surface area contributed by atoms with Crippen LogP contribution in [0.5, 0.6) is 11.6 Å². The van der Waals surface area contributed by atoms with E-state index < -0.39 is 6.17 Å². The molecule has 2 atom stereocenters. The highest BCUT2D eigenvalue weighted by atomic mass is 19.1. The maximum atomic E-state index is 14.3. The number of aromatic hydroxyl groups is 1. The maximum Gasteiger partial charge on any atom is 0.232 e. The molecule has 1 fully saturated rings. The van der Waals surface area contributed by atoms with E-state index in [1.165, 1.54) is 13.3 Å². The van der Waals surface area contributed by atoms with Crippen molar-refractivity contribution in [1.29, 1.82) is 0 Å². The first-order valence-electron chi connectivity index (χ1n) is 9.97. The number of aromatic nitrogens is 4. The van der Waals surface area contributed by atoms with E-state index in [2.05, 4.69) is 20.2 Å². The fourth-order valence-electron chi connectivity index (χ4n) is 3.81. The molecule has 1 aliphatic carbocycles. The average Bonchev–Trinajstić information content (AvgIpc) is 2.79. The maximum absolute atomic E-state index is 14.3. The number of halogens is 1. The van der Waals surface area contributed by atoms with Gasteiger partial charge in [0.15, 0.2) is 5.82 Å². The predicted molar refractivity (Wildman–Crippen MR) is 112 cm³/mol. The van der Waals surface area contributed by atoms with Gasteiger partial charge in [0.2, 0.25) is 5.88 Å². The van der Waals surface area contributed by atoms with Crippen LogP contribution in [0.1, 0.15) is 25.7 Å². The molecule has 0 spiro atoms. The van der Waals surface area contributed by atoms with Crippen LogP contribution in [0.15, 0.2) is 42.7 Å². The van der Waals surface area contributed by atoms with Crippen LogP contribution < -0.4 is 9.64 Å². The molecule has 8 heteroatoms. The molecule has 1 aliphatic rings. The molecule has 0 radical (unpaired) electrons. The molecule has 30 heavy (non-hydrogen) atoms. The van der Waals surface area contributed by atoms with Crippen molar-refractivity contribution in [2.24, 2.45) is 0 Å². The molecule has 7 nitrogen and oxygen atoms in total. The quantitative estimate of drug-likeness (QED) is 0.681. The largest absolute Gasteiger partial charge is 0.507 e. The van der Waals surface area contributed by atoms with E-state index in [1.54, 1.807) is 24.4 Å². The van der Waals surface area contributed by atoms with Crippen LogP contribution in [-0.4, -0.2) is 51.6 Å². The molecule has 1 aromatic carbocycles. The number of phenolic OH excluding ortho intramolecular Hbond substituents is 1. The highest BCUT2D eigenvalue weighted by molar-refractivity contribution is 5.73. The summed E-state index contributed by atoms with van der Waals surface area (Å²) in [5.41, 5.74) is 2.44. The van der Waals surface area contributed by atoms with E-state index in [0.29, 0.717) is 35.1 Å². The Bertz CT molecular complexity index is 997. The molecule has 1 saturated carbocycles. The number of anilines is 1. The van der Waals surface area contributed by atoms with Crippen molar-refractivity contribution in [2.75, 3.05) is 19.1 Å². The number of phenols is 1. The van der Waals surface area contributed by atoms with Gasteiger partial charge in [-0.2, -0.15) is 0 Å². The summed E-state index contributed by atoms with van der Waals surface area (Å²) in [5, 5.41) is 19.0. The highest BCUT2D eigenvalue weighted by Gasteiger charge is 2.29. The fourth-order valence-corrected chi connectivity index (χ4v) is 3.81. The second-order valence-corrected chi connectivity index (χ2v) is 7.43. The summed E-state index contributed by atoms with van der Waals surface area (Å²) in [7, 11) is 3.38. The van der Waals surface area contributed by atoms with Crippen LogP contribution in [0.3, 0.4) is 0 Å². The van der Waals surface area contributed by atoms with E-state index in [4.69, 9.17) is 4.74 Å². The van der Waals surface area contributed by atoms with Gasteiger partial charge in [0, 0.05) is 18.2 Å². The van der Waals surface area contributed by atoms with Crippen molar-refractivity contribution in [1.82, 2.24) is 20.2 Å². The van der Waals surface area contributed by atoms with Gasteiger partial charge in [-0.05, 0) is 37.1 Å². The lowest BCUT2D eigenvalue weighted by molar-refractivity contribution is 0.213. The van der Waals surface area contributed by atoms with Crippen molar-refractivity contribution in [3.8, 4) is 34.1 Å². The second kappa shape index (κ2) is 8.61. The van der Waals surface area contributed by atoms with Gasteiger partial charge in [0.25, 0.3) is 0 Å². The minimum Gasteiger partial charge on any atom is -0.507 e. The fraction of sp³-hybridized carbons (Fsp3) is 0.364. The van der Waals surface area contributed by atoms with Gasteiger partial charge in [-0.3, -0.25) is 0 Å². The van der Waals surface area contributed by atoms with E-state index in [-0.39, 0.29) is 11.8 Å². The normalized spacial score (nSPS) is 18.8. The molecule has 3 aromatic rings. The van der Waals surface area contributed by atoms with Crippen LogP contribution in [0.4, 0.5) is 10.2 Å². The molecule has 2 aromatic heterocycles. The number of nitrogens with zero attached hydrogens (tertiary/aromatic N) is 5. The summed E-state index contributed by atoms with van der Waals surface area (Å²) < 4.78 is 19.3. The molecule has 156 valence electrons. The smallest absolute Gasteiger partial charge is 0.232 e. The Morgan fingerprint density at radius 2 is 1.87 bits per heavy atom. The highest BCUT2D eigenvalue weighted by Crippen LogP contribution is 2.33. The Labute approximate surface area is 174 Å². The molecule has 0 amide bonds. The first-order chi connectivity index (χ1) is 14.6. The second-order valence-electron chi connectivity index (χ2n) is 7.43. The molecule has 2 heterocycles. The van der Waals surface area contributed by atoms with Crippen molar-refractivity contribution in [3.63, 3.8) is 0 Å². The third-order valence-electron chi connectivity index (χ3n) is 5.56. The van der Waals surface area contributed by atoms with Crippen LogP contribution in [0, 0.1) is 0 Å². The Morgan fingerprint density at radius 1 is 1.03 bits per heavy atom. The molecule has 0 bridgehead atoms. The van der Waals surface area contributed by atoms with Crippen molar-refractivity contribution in [3.05, 3.63) is 42.7 Å². The molecule has 4 rings (SSSR count). The minimum atomic E-state index is -0.845. The van der Waals surface area contributed by atoms with Crippen molar-refractivity contribution < 1.29 is 14.2 Å². The lowest BCUT2D eigenvalue weighted by Crippen LogP contribution is -2.41. The Kier molecular flexibility index (Phi) is 5.74. The van der Waals surface area contributed by atoms with E-state index in [0.717, 1.165) is 24.8 Å². The van der Waals surface area contributed by atoms with E-state index >= 15 is 0 Å². The van der Waals surface area contributed by atoms with Gasteiger partial charge < -0.3 is 14.7 Å². The van der Waals surface area contributed by atoms with Gasteiger partial charge in [-0.25, -0.2) is 14.4 Å². The topological polar surface area (TPSA) is 84.3 Å². The van der Waals surface area contributed by atoms with E-state index in [1.807, 2.05) is 24.1 Å². The monoisotopic (exact) mass is 409 g/mol. The van der Waals surface area contributed by atoms with Gasteiger partial charge in [-0.15, -0.1) is 10.2 Å². The van der Waals surface area contributed by atoms with Gasteiger partial charge in [0.05, 0.1) is 36.9 Å². The summed E-state index contributed by atoms with van der Waals surface area (Å²) in [6, 6.07) is 8.65. The predicted octanol–water partition coefficient (Wildman–Crippen LogP) is 4.03. The zero-order valence-electron chi connectivity index (χ0n) is 17.0. The Morgan fingerprint density at radius 3 is 2.50 bits per heavy atom. The number of alkyl halides is 1. The zero-order chi connectivity index (χ0) is 21.1. The summed E-state index contributed by atoms with van der Waals surface area (Å²) in [5.74, 6) is 1.11. The van der Waals surface area contributed by atoms with Gasteiger partial charge >= 0.3 is 0 Å². The van der Waals surface area contributed by atoms with Gasteiger partial charge in [0.1, 0.15) is 11.9 Å². The van der Waals surface area contributed by atoms with E-state index in [9.17, 15) is 9.50 Å². The van der Waals surface area contributed by atoms with Crippen LogP contribution in [-0.2, 0) is 0 Å². The molecular weight excluding hydrogens is 385 g/mol. The third-order valence-corrected chi connectivity index (χ3v) is 5.56. The van der Waals surface area contributed by atoms with Crippen LogP contribution in [0.2, 0.25) is 0 Å². The van der Waals surface area contributed by atoms with Crippen LogP contribution in [0.25, 0.3) is 22.5 Å². The average molecular weight is 409 g/mol. The Balaban J connectivity index is 1.53. The molecule has 1 N–H and O–H groups in total. The molecule has 0 saturated heterocycles. The number of methoxy groups -OCH3 is 1. The number of benzene rings is 1. The molecule has 0 unspecified atom stereocenters. The SMILES string of the molecule is COc1cnc(-c2ccc(-c3ccc(N(C)[C@H]4CCCC[C@H]4F)nn3)c(O)c2)cn1. The molecule has 0 aliphatic heterocycles. The first-order valence-corrected chi connectivity index (χ1v) is 9.97. The number of hydrogen-bond donors (Lipinski definition) is 1. The molecular formula is C22H24FN5O2. The zero-order valence-corrected chi connectivity index (χ0v) is 17.0. The number of ether oxygens (including phenoxy) is 1. The summed E-state index contributed by atoms with van der Waals surface area (Å²) >= 11 is 0. The summed E-state index contributed by atoms with van der Waals surface area (Å²) in [4.78, 5) is 10.3. The lowest BCUT2D eigenvalue weighted by Gasteiger charge is -2.34. The summed E-state index contributed by atoms with van der Waals surface area (Å²) in [6.07, 6.45) is 5.64. The number of rotatable bonds is 5.